The van der Waals surface area contributed by atoms with Gasteiger partial charge in [0.1, 0.15) is 11.8 Å². The van der Waals surface area contributed by atoms with E-state index in [1.165, 1.54) is 13.8 Å². The lowest BCUT2D eigenvalue weighted by Gasteiger charge is -2.20. The van der Waals surface area contributed by atoms with Gasteiger partial charge in [-0.15, -0.1) is 0 Å². The summed E-state index contributed by atoms with van der Waals surface area (Å²) in [7, 11) is -1.94. The van der Waals surface area contributed by atoms with Crippen LogP contribution in [-0.4, -0.2) is 25.8 Å². The minimum Gasteiger partial charge on any atom is -0.468 e. The van der Waals surface area contributed by atoms with Crippen LogP contribution in [-0.2, 0) is 14.1 Å². The van der Waals surface area contributed by atoms with Gasteiger partial charge in [0.25, 0.3) is 0 Å². The number of fused-ring (bicyclic) bond motifs is 1. The molecule has 0 saturated carbocycles. The van der Waals surface area contributed by atoms with Crippen LogP contribution in [0.15, 0.2) is 40.9 Å². The number of hydrogen-bond acceptors (Lipinski definition) is 4. The highest BCUT2D eigenvalue weighted by Gasteiger charge is 2.25. The summed E-state index contributed by atoms with van der Waals surface area (Å²) in [5, 5.41) is 4.48. The number of halogens is 1. The highest BCUT2D eigenvalue weighted by atomic mass is 79.9. The van der Waals surface area contributed by atoms with Gasteiger partial charge >= 0.3 is 13.5 Å². The third-order valence-corrected chi connectivity index (χ3v) is 5.18. The number of esters is 1. The Bertz CT molecular complexity index is 749. The van der Waals surface area contributed by atoms with E-state index in [-0.39, 0.29) is 0 Å². The number of carbonyl (C=O) groups excluding carboxylic acids is 1. The van der Waals surface area contributed by atoms with E-state index in [2.05, 4.69) is 25.8 Å². The van der Waals surface area contributed by atoms with E-state index in [1.807, 2.05) is 30.3 Å². The van der Waals surface area contributed by atoms with Crippen molar-refractivity contribution in [1.82, 2.24) is 5.09 Å². The zero-order chi connectivity index (χ0) is 16.3. The van der Waals surface area contributed by atoms with Gasteiger partial charge in [0.15, 0.2) is 0 Å². The number of benzene rings is 2. The van der Waals surface area contributed by atoms with Gasteiger partial charge in [-0.3, -0.25) is 9.36 Å². The fourth-order valence-electron chi connectivity index (χ4n) is 2.11. The second kappa shape index (κ2) is 6.82. The molecule has 1 unspecified atom stereocenters. The molecule has 5 nitrogen and oxygen atoms in total. The molecule has 22 heavy (non-hydrogen) atoms. The molecule has 2 aromatic carbocycles. The van der Waals surface area contributed by atoms with E-state index in [4.69, 9.17) is 4.52 Å². The van der Waals surface area contributed by atoms with Crippen molar-refractivity contribution in [2.24, 2.45) is 0 Å². The highest BCUT2D eigenvalue weighted by Crippen LogP contribution is 2.43. The number of nitrogens with one attached hydrogen (secondary N) is 1. The number of methoxy groups -OCH3 is 1. The largest absolute Gasteiger partial charge is 0.468 e. The van der Waals surface area contributed by atoms with Crippen LogP contribution in [0.3, 0.4) is 0 Å². The smallest absolute Gasteiger partial charge is 0.323 e. The van der Waals surface area contributed by atoms with Crippen LogP contribution >= 0.6 is 23.4 Å². The summed E-state index contributed by atoms with van der Waals surface area (Å²) < 4.78 is 23.8. The summed E-state index contributed by atoms with van der Waals surface area (Å²) in [6.45, 7) is 3.01. The molecular weight excluding hydrogens is 369 g/mol. The first kappa shape index (κ1) is 17.0. The van der Waals surface area contributed by atoms with Gasteiger partial charge in [-0.1, -0.05) is 40.2 Å². The Labute approximate surface area is 137 Å². The minimum atomic E-state index is -3.22. The van der Waals surface area contributed by atoms with E-state index in [9.17, 15) is 9.36 Å². The van der Waals surface area contributed by atoms with E-state index in [0.29, 0.717) is 5.75 Å². The van der Waals surface area contributed by atoms with Crippen LogP contribution in [0.5, 0.6) is 5.75 Å². The average molecular weight is 386 g/mol. The third kappa shape index (κ3) is 3.88. The van der Waals surface area contributed by atoms with Crippen molar-refractivity contribution in [3.05, 3.63) is 40.9 Å². The third-order valence-electron chi connectivity index (χ3n) is 3.09. The predicted octanol–water partition coefficient (Wildman–Crippen LogP) is 3.96. The average Bonchev–Trinajstić information content (AvgIpc) is 2.49. The molecule has 0 aromatic heterocycles. The van der Waals surface area contributed by atoms with Crippen molar-refractivity contribution in [1.29, 1.82) is 0 Å². The van der Waals surface area contributed by atoms with Crippen LogP contribution in [0.2, 0.25) is 0 Å². The van der Waals surface area contributed by atoms with E-state index < -0.39 is 19.5 Å². The zero-order valence-electron chi connectivity index (χ0n) is 12.5. The summed E-state index contributed by atoms with van der Waals surface area (Å²) in [6.07, 6.45) is 0. The van der Waals surface area contributed by atoms with Crippen molar-refractivity contribution < 1.29 is 18.6 Å². The van der Waals surface area contributed by atoms with E-state index in [0.717, 1.165) is 15.2 Å². The van der Waals surface area contributed by atoms with Crippen LogP contribution in [0.4, 0.5) is 0 Å². The van der Waals surface area contributed by atoms with Gasteiger partial charge in [0.2, 0.25) is 0 Å². The summed E-state index contributed by atoms with van der Waals surface area (Å²) in [6, 6.07) is 10.5. The molecule has 2 atom stereocenters. The quantitative estimate of drug-likeness (QED) is 0.623. The summed E-state index contributed by atoms with van der Waals surface area (Å²) in [4.78, 5) is 11.4. The number of hydrogen-bond donors (Lipinski definition) is 1. The van der Waals surface area contributed by atoms with Gasteiger partial charge < -0.3 is 9.26 Å². The Hall–Kier alpha value is -1.36. The summed E-state index contributed by atoms with van der Waals surface area (Å²) >= 11 is 3.48. The van der Waals surface area contributed by atoms with Crippen molar-refractivity contribution in [3.63, 3.8) is 0 Å². The monoisotopic (exact) mass is 385 g/mol. The van der Waals surface area contributed by atoms with Crippen molar-refractivity contribution in [2.75, 3.05) is 13.8 Å². The zero-order valence-corrected chi connectivity index (χ0v) is 15.0. The second-order valence-corrected chi connectivity index (χ2v) is 7.89. The molecule has 0 bridgehead atoms. The van der Waals surface area contributed by atoms with Gasteiger partial charge in [-0.25, -0.2) is 5.09 Å². The fraction of sp³-hybridized carbons (Fsp3) is 0.267. The van der Waals surface area contributed by atoms with Crippen LogP contribution < -0.4 is 9.61 Å². The first-order chi connectivity index (χ1) is 10.3. The SMILES string of the molecule is COC(=O)[C@H](C)NP(C)(=O)Oc1ccc(Br)c2ccccc12. The lowest BCUT2D eigenvalue weighted by molar-refractivity contribution is -0.142. The molecule has 0 spiro atoms. The molecule has 0 aliphatic heterocycles. The van der Waals surface area contributed by atoms with Crippen LogP contribution in [0.1, 0.15) is 6.92 Å². The Morgan fingerprint density at radius 2 is 1.86 bits per heavy atom. The standard InChI is InChI=1S/C15H17BrNO4P/c1-10(15(18)20-2)17-22(3,19)21-14-9-8-13(16)11-6-4-5-7-12(11)14/h4-10H,1-3H3,(H,17,19)/t10-,22?/m0/s1. The van der Waals surface area contributed by atoms with Crippen molar-refractivity contribution in [3.8, 4) is 5.75 Å². The molecule has 0 fully saturated rings. The maximum atomic E-state index is 12.6. The maximum absolute atomic E-state index is 12.6. The Balaban J connectivity index is 2.28. The molecule has 0 radical (unpaired) electrons. The molecule has 0 heterocycles. The normalized spacial score (nSPS) is 15.1. The van der Waals surface area contributed by atoms with Crippen molar-refractivity contribution >= 4 is 40.2 Å². The highest BCUT2D eigenvalue weighted by molar-refractivity contribution is 9.10. The number of rotatable bonds is 5. The van der Waals surface area contributed by atoms with E-state index >= 15 is 0 Å². The predicted molar refractivity (Wildman–Crippen MR) is 90.4 cm³/mol. The molecule has 118 valence electrons. The Kier molecular flexibility index (Phi) is 5.27. The first-order valence-electron chi connectivity index (χ1n) is 6.64. The molecule has 2 aromatic rings. The summed E-state index contributed by atoms with van der Waals surface area (Å²) in [5.74, 6) is 0.000498. The number of ether oxygens (including phenoxy) is 1. The lowest BCUT2D eigenvalue weighted by Crippen LogP contribution is -2.33. The molecule has 0 saturated heterocycles. The van der Waals surface area contributed by atoms with Gasteiger partial charge in [-0.2, -0.15) is 0 Å². The second-order valence-electron chi connectivity index (χ2n) is 4.90. The lowest BCUT2D eigenvalue weighted by atomic mass is 10.1. The molecular formula is C15H17BrNO4P. The molecule has 0 aliphatic carbocycles. The maximum Gasteiger partial charge on any atom is 0.323 e. The molecule has 0 amide bonds. The van der Waals surface area contributed by atoms with Gasteiger partial charge in [0, 0.05) is 16.5 Å². The Morgan fingerprint density at radius 1 is 1.23 bits per heavy atom. The number of carbonyl (C=O) groups is 1. The minimum absolute atomic E-state index is 0.494. The Morgan fingerprint density at radius 3 is 2.50 bits per heavy atom. The van der Waals surface area contributed by atoms with Crippen LogP contribution in [0, 0.1) is 0 Å². The molecule has 1 N–H and O–H groups in total. The molecule has 0 aliphatic rings. The van der Waals surface area contributed by atoms with Crippen LogP contribution in [0.25, 0.3) is 10.8 Å². The fourth-order valence-corrected chi connectivity index (χ4v) is 3.98. The van der Waals surface area contributed by atoms with Gasteiger partial charge in [-0.05, 0) is 24.4 Å². The van der Waals surface area contributed by atoms with Crippen molar-refractivity contribution in [2.45, 2.75) is 13.0 Å². The topological polar surface area (TPSA) is 64.6 Å². The molecule has 2 rings (SSSR count). The molecule has 7 heteroatoms. The van der Waals surface area contributed by atoms with E-state index in [1.54, 1.807) is 13.0 Å². The first-order valence-corrected chi connectivity index (χ1v) is 9.50. The van der Waals surface area contributed by atoms with Gasteiger partial charge in [0.05, 0.1) is 7.11 Å². The summed E-state index contributed by atoms with van der Waals surface area (Å²) in [5.41, 5.74) is 0.